The van der Waals surface area contributed by atoms with Crippen LogP contribution in [0, 0.1) is 0 Å². The highest BCUT2D eigenvalue weighted by atomic mass is 32.2. The fourth-order valence-corrected chi connectivity index (χ4v) is 5.16. The van der Waals surface area contributed by atoms with Gasteiger partial charge in [-0.05, 0) is 64.7 Å². The molecule has 0 aromatic heterocycles. The van der Waals surface area contributed by atoms with E-state index in [1.54, 1.807) is 6.08 Å². The first-order valence-electron chi connectivity index (χ1n) is 15.8. The molecule has 3 N–H and O–H groups in total. The summed E-state index contributed by atoms with van der Waals surface area (Å²) in [6.07, 6.45) is 35.5. The molecule has 0 aliphatic rings. The van der Waals surface area contributed by atoms with Gasteiger partial charge in [-0.1, -0.05) is 113 Å². The minimum atomic E-state index is -4.35. The zero-order valence-electron chi connectivity index (χ0n) is 25.4. The largest absolute Gasteiger partial charge is 0.387 e. The van der Waals surface area contributed by atoms with E-state index in [1.807, 2.05) is 13.0 Å². The molecule has 2 unspecified atom stereocenters. The molecular weight excluding hydrogens is 522 g/mol. The molecule has 0 aromatic carbocycles. The normalized spacial score (nSPS) is 14.2. The lowest BCUT2D eigenvalue weighted by Gasteiger charge is -2.21. The fraction of sp³-hybridized carbons (Fsp3) is 0.727. The number of hydrogen-bond acceptors (Lipinski definition) is 4. The van der Waals surface area contributed by atoms with Gasteiger partial charge in [-0.25, -0.2) is 0 Å². The molecule has 0 rings (SSSR count). The van der Waals surface area contributed by atoms with Crippen molar-refractivity contribution in [1.29, 1.82) is 0 Å². The number of carbonyl (C=O) groups excluding carboxylic acids is 1. The Bertz CT molecular complexity index is 817. The van der Waals surface area contributed by atoms with Gasteiger partial charge in [-0.15, -0.1) is 0 Å². The average molecular weight is 582 g/mol. The van der Waals surface area contributed by atoms with Crippen LogP contribution in [0.15, 0.2) is 48.6 Å². The quantitative estimate of drug-likeness (QED) is 0.0513. The summed E-state index contributed by atoms with van der Waals surface area (Å²) in [5.74, 6) is -1.03. The van der Waals surface area contributed by atoms with Crippen LogP contribution in [0.25, 0.3) is 0 Å². The minimum absolute atomic E-state index is 0.273. The minimum Gasteiger partial charge on any atom is -0.387 e. The first-order chi connectivity index (χ1) is 19.3. The molecular formula is C33H59NO5S. The maximum absolute atomic E-state index is 12.4. The molecule has 40 heavy (non-hydrogen) atoms. The van der Waals surface area contributed by atoms with Gasteiger partial charge in [-0.3, -0.25) is 9.35 Å². The second kappa shape index (κ2) is 27.5. The number of rotatable bonds is 27. The predicted molar refractivity (Wildman–Crippen MR) is 170 cm³/mol. The number of amides is 1. The lowest BCUT2D eigenvalue weighted by Crippen LogP contribution is -2.46. The van der Waals surface area contributed by atoms with Crippen molar-refractivity contribution in [3.63, 3.8) is 0 Å². The molecule has 7 heteroatoms. The van der Waals surface area contributed by atoms with Crippen LogP contribution in [-0.2, 0) is 14.9 Å². The van der Waals surface area contributed by atoms with E-state index in [4.69, 9.17) is 0 Å². The number of hydrogen-bond donors (Lipinski definition) is 3. The van der Waals surface area contributed by atoms with Gasteiger partial charge < -0.3 is 10.4 Å². The number of nitrogens with one attached hydrogen (secondary N) is 1. The maximum Gasteiger partial charge on any atom is 0.267 e. The van der Waals surface area contributed by atoms with Crippen LogP contribution in [0.2, 0.25) is 0 Å². The van der Waals surface area contributed by atoms with Gasteiger partial charge in [0.05, 0.1) is 17.9 Å². The summed E-state index contributed by atoms with van der Waals surface area (Å²) in [7, 11) is -4.35. The van der Waals surface area contributed by atoms with Crippen LogP contribution in [0.5, 0.6) is 0 Å². The zero-order chi connectivity index (χ0) is 29.7. The molecule has 0 heterocycles. The molecule has 0 bridgehead atoms. The summed E-state index contributed by atoms with van der Waals surface area (Å²) in [4.78, 5) is 12.4. The van der Waals surface area contributed by atoms with Gasteiger partial charge in [-0.2, -0.15) is 8.42 Å². The Kier molecular flexibility index (Phi) is 26.3. The highest BCUT2D eigenvalue weighted by molar-refractivity contribution is 7.85. The summed E-state index contributed by atoms with van der Waals surface area (Å²) in [5, 5.41) is 13.0. The van der Waals surface area contributed by atoms with Crippen molar-refractivity contribution in [2.75, 3.05) is 5.75 Å². The van der Waals surface area contributed by atoms with E-state index >= 15 is 0 Å². The monoisotopic (exact) mass is 581 g/mol. The Hall–Kier alpha value is -1.70. The lowest BCUT2D eigenvalue weighted by atomic mass is 10.1. The van der Waals surface area contributed by atoms with Gasteiger partial charge in [0.25, 0.3) is 10.1 Å². The smallest absolute Gasteiger partial charge is 0.267 e. The molecule has 2 atom stereocenters. The number of carbonyl (C=O) groups is 1. The topological polar surface area (TPSA) is 104 Å². The van der Waals surface area contributed by atoms with Gasteiger partial charge in [0.1, 0.15) is 0 Å². The Morgan fingerprint density at radius 1 is 0.700 bits per heavy atom. The van der Waals surface area contributed by atoms with Crippen molar-refractivity contribution in [3.8, 4) is 0 Å². The van der Waals surface area contributed by atoms with Crippen LogP contribution in [0.4, 0.5) is 0 Å². The molecule has 0 saturated heterocycles. The third kappa shape index (κ3) is 27.9. The van der Waals surface area contributed by atoms with Gasteiger partial charge >= 0.3 is 0 Å². The van der Waals surface area contributed by atoms with Crippen molar-refractivity contribution in [1.82, 2.24) is 5.32 Å². The summed E-state index contributed by atoms with van der Waals surface area (Å²) in [5.41, 5.74) is 0. The molecule has 0 radical (unpaired) electrons. The van der Waals surface area contributed by atoms with E-state index < -0.39 is 28.0 Å². The summed E-state index contributed by atoms with van der Waals surface area (Å²) < 4.78 is 32.1. The SMILES string of the molecule is C/C=C/CC/C=C/CC/C=C/C(O)C(CS(=O)(=O)O)NC(=O)CCCCCCC/C=C\CCCCCCCCC. The molecule has 0 aliphatic heterocycles. The predicted octanol–water partition coefficient (Wildman–Crippen LogP) is 8.40. The van der Waals surface area contributed by atoms with Crippen LogP contribution in [-0.4, -0.2) is 41.9 Å². The van der Waals surface area contributed by atoms with E-state index in [1.165, 1.54) is 57.4 Å². The standard InChI is InChI=1S/C33H59NO5S/c1-3-5-7-9-11-13-14-15-16-17-18-19-21-23-25-27-29-33(36)34-31(30-40(37,38)39)32(35)28-26-24-22-20-12-10-8-6-4-2/h4,6,12,16-17,20,26,28,31-32,35H,3,5,7-11,13-15,18-19,21-25,27,29-30H2,1-2H3,(H,34,36)(H,37,38,39)/b6-4+,17-16-,20-12+,28-26+. The highest BCUT2D eigenvalue weighted by Crippen LogP contribution is 2.11. The second-order valence-corrected chi connectivity index (χ2v) is 12.2. The Labute approximate surface area is 246 Å². The second-order valence-electron chi connectivity index (χ2n) is 10.7. The summed E-state index contributed by atoms with van der Waals surface area (Å²) in [6.45, 7) is 4.25. The van der Waals surface area contributed by atoms with Crippen LogP contribution >= 0.6 is 0 Å². The number of aliphatic hydroxyl groups excluding tert-OH is 1. The van der Waals surface area contributed by atoms with E-state index in [9.17, 15) is 22.9 Å². The van der Waals surface area contributed by atoms with Gasteiger partial charge in [0, 0.05) is 6.42 Å². The molecule has 0 aromatic rings. The van der Waals surface area contributed by atoms with Crippen LogP contribution < -0.4 is 5.32 Å². The molecule has 0 aliphatic carbocycles. The van der Waals surface area contributed by atoms with Crippen molar-refractivity contribution in [3.05, 3.63) is 48.6 Å². The molecule has 0 spiro atoms. The van der Waals surface area contributed by atoms with Gasteiger partial charge in [0.2, 0.25) is 5.91 Å². The zero-order valence-corrected chi connectivity index (χ0v) is 26.3. The van der Waals surface area contributed by atoms with E-state index in [2.05, 4.69) is 42.6 Å². The van der Waals surface area contributed by atoms with E-state index in [-0.39, 0.29) is 12.3 Å². The fourth-order valence-electron chi connectivity index (χ4n) is 4.42. The Morgan fingerprint density at radius 3 is 1.73 bits per heavy atom. The number of unbranched alkanes of at least 4 members (excludes halogenated alkanes) is 14. The lowest BCUT2D eigenvalue weighted by molar-refractivity contribution is -0.122. The Balaban J connectivity index is 4.07. The third-order valence-corrected chi connectivity index (χ3v) is 7.58. The highest BCUT2D eigenvalue weighted by Gasteiger charge is 2.24. The Morgan fingerprint density at radius 2 is 1.18 bits per heavy atom. The van der Waals surface area contributed by atoms with Crippen LogP contribution in [0.1, 0.15) is 136 Å². The molecule has 232 valence electrons. The maximum atomic E-state index is 12.4. The van der Waals surface area contributed by atoms with Crippen molar-refractivity contribution >= 4 is 16.0 Å². The molecule has 0 saturated carbocycles. The summed E-state index contributed by atoms with van der Waals surface area (Å²) >= 11 is 0. The van der Waals surface area contributed by atoms with Crippen molar-refractivity contribution in [2.24, 2.45) is 0 Å². The van der Waals surface area contributed by atoms with E-state index in [0.717, 1.165) is 51.4 Å². The summed E-state index contributed by atoms with van der Waals surface area (Å²) in [6, 6.07) is -1.08. The van der Waals surface area contributed by atoms with Crippen molar-refractivity contribution < 1.29 is 22.9 Å². The number of aliphatic hydroxyl groups is 1. The molecule has 6 nitrogen and oxygen atoms in total. The van der Waals surface area contributed by atoms with Crippen molar-refractivity contribution in [2.45, 2.75) is 148 Å². The number of allylic oxidation sites excluding steroid dienone is 7. The first kappa shape index (κ1) is 38.3. The third-order valence-electron chi connectivity index (χ3n) is 6.80. The first-order valence-corrected chi connectivity index (χ1v) is 17.4. The van der Waals surface area contributed by atoms with E-state index in [0.29, 0.717) is 12.8 Å². The van der Waals surface area contributed by atoms with Gasteiger partial charge in [0.15, 0.2) is 0 Å². The molecule has 1 amide bonds. The molecule has 0 fully saturated rings. The average Bonchev–Trinajstić information content (AvgIpc) is 2.90. The van der Waals surface area contributed by atoms with Crippen LogP contribution in [0.3, 0.4) is 0 Å².